The molecule has 0 radical (unpaired) electrons. The van der Waals surface area contributed by atoms with Crippen LogP contribution in [0.4, 0.5) is 4.39 Å². The summed E-state index contributed by atoms with van der Waals surface area (Å²) in [6.07, 6.45) is 1.57. The van der Waals surface area contributed by atoms with Crippen molar-refractivity contribution in [2.75, 3.05) is 6.54 Å². The lowest BCUT2D eigenvalue weighted by atomic mass is 10.1. The molecule has 1 saturated carbocycles. The molecule has 0 bridgehead atoms. The molecule has 6 heteroatoms. The topological polar surface area (TPSA) is 66.4 Å². The second-order valence-electron chi connectivity index (χ2n) is 4.92. The molecule has 0 aromatic heterocycles. The zero-order valence-electron chi connectivity index (χ0n) is 10.7. The summed E-state index contributed by atoms with van der Waals surface area (Å²) in [5.74, 6) is -2.31. The lowest BCUT2D eigenvalue weighted by Crippen LogP contribution is -2.27. The molecule has 2 N–H and O–H groups in total. The molecule has 0 spiro atoms. The fourth-order valence-corrected chi connectivity index (χ4v) is 2.44. The van der Waals surface area contributed by atoms with Gasteiger partial charge in [0.25, 0.3) is 0 Å². The Hall–Kier alpha value is -1.43. The first-order chi connectivity index (χ1) is 9.49. The van der Waals surface area contributed by atoms with Gasteiger partial charge in [0, 0.05) is 11.0 Å². The van der Waals surface area contributed by atoms with Gasteiger partial charge < -0.3 is 10.4 Å². The Balaban J connectivity index is 1.69. The van der Waals surface area contributed by atoms with Crippen LogP contribution in [0.15, 0.2) is 22.7 Å². The molecule has 0 heterocycles. The van der Waals surface area contributed by atoms with E-state index in [2.05, 4.69) is 21.2 Å². The maximum Gasteiger partial charge on any atom is 0.307 e. The molecule has 20 heavy (non-hydrogen) atoms. The summed E-state index contributed by atoms with van der Waals surface area (Å²) in [7, 11) is 0. The predicted molar refractivity (Wildman–Crippen MR) is 74.7 cm³/mol. The maximum atomic E-state index is 13.5. The fourth-order valence-electron chi connectivity index (χ4n) is 2.10. The monoisotopic (exact) mass is 343 g/mol. The lowest BCUT2D eigenvalue weighted by Gasteiger charge is -2.06. The van der Waals surface area contributed by atoms with E-state index in [0.29, 0.717) is 35.8 Å². The molecule has 1 amide bonds. The average Bonchev–Trinajstić information content (AvgIpc) is 3.16. The molecule has 1 aliphatic carbocycles. The number of rotatable bonds is 6. The number of hydrogen-bond acceptors (Lipinski definition) is 2. The Kier molecular flexibility index (Phi) is 4.75. The second-order valence-corrected chi connectivity index (χ2v) is 5.83. The SMILES string of the molecule is O=C(O)C1CC1C(=O)NCCCc1ccc(Br)cc1F. The van der Waals surface area contributed by atoms with Crippen LogP contribution in [0.3, 0.4) is 0 Å². The molecule has 2 unspecified atom stereocenters. The third-order valence-electron chi connectivity index (χ3n) is 3.38. The van der Waals surface area contributed by atoms with E-state index in [9.17, 15) is 14.0 Å². The standard InChI is InChI=1S/C14H15BrFNO3/c15-9-4-3-8(12(16)6-9)2-1-5-17-13(18)10-7-11(10)14(19)20/h3-4,6,10-11H,1-2,5,7H2,(H,17,18)(H,19,20). The number of amides is 1. The highest BCUT2D eigenvalue weighted by Gasteiger charge is 2.48. The van der Waals surface area contributed by atoms with Gasteiger partial charge in [-0.15, -0.1) is 0 Å². The van der Waals surface area contributed by atoms with E-state index >= 15 is 0 Å². The van der Waals surface area contributed by atoms with Crippen LogP contribution < -0.4 is 5.32 Å². The largest absolute Gasteiger partial charge is 0.481 e. The molecule has 2 rings (SSSR count). The zero-order valence-corrected chi connectivity index (χ0v) is 12.3. The Bertz CT molecular complexity index is 535. The lowest BCUT2D eigenvalue weighted by molar-refractivity contribution is -0.140. The number of carboxylic acids is 1. The Morgan fingerprint density at radius 1 is 1.40 bits per heavy atom. The van der Waals surface area contributed by atoms with Gasteiger partial charge >= 0.3 is 5.97 Å². The summed E-state index contributed by atoms with van der Waals surface area (Å²) >= 11 is 3.19. The van der Waals surface area contributed by atoms with E-state index in [0.717, 1.165) is 0 Å². The number of benzene rings is 1. The third-order valence-corrected chi connectivity index (χ3v) is 3.87. The molecule has 1 aromatic carbocycles. The zero-order chi connectivity index (χ0) is 14.7. The first-order valence-electron chi connectivity index (χ1n) is 6.43. The van der Waals surface area contributed by atoms with Gasteiger partial charge in [0.05, 0.1) is 11.8 Å². The van der Waals surface area contributed by atoms with Gasteiger partial charge in [-0.3, -0.25) is 9.59 Å². The fraction of sp³-hybridized carbons (Fsp3) is 0.429. The van der Waals surface area contributed by atoms with Crippen LogP contribution >= 0.6 is 15.9 Å². The third kappa shape index (κ3) is 3.79. The van der Waals surface area contributed by atoms with Crippen LogP contribution in [0, 0.1) is 17.7 Å². The number of carbonyl (C=O) groups is 2. The molecule has 0 aliphatic heterocycles. The van der Waals surface area contributed by atoms with Gasteiger partial charge in [0.2, 0.25) is 5.91 Å². The van der Waals surface area contributed by atoms with Gasteiger partial charge in [-0.1, -0.05) is 22.0 Å². The van der Waals surface area contributed by atoms with Crippen molar-refractivity contribution in [2.24, 2.45) is 11.8 Å². The molecule has 108 valence electrons. The minimum Gasteiger partial charge on any atom is -0.481 e. The van der Waals surface area contributed by atoms with Gasteiger partial charge in [0.1, 0.15) is 5.82 Å². The summed E-state index contributed by atoms with van der Waals surface area (Å²) < 4.78 is 14.2. The van der Waals surface area contributed by atoms with Crippen molar-refractivity contribution in [1.29, 1.82) is 0 Å². The highest BCUT2D eigenvalue weighted by molar-refractivity contribution is 9.10. The summed E-state index contributed by atoms with van der Waals surface area (Å²) in [4.78, 5) is 22.2. The highest BCUT2D eigenvalue weighted by Crippen LogP contribution is 2.38. The number of halogens is 2. The van der Waals surface area contributed by atoms with E-state index in [-0.39, 0.29) is 11.7 Å². The van der Waals surface area contributed by atoms with E-state index in [1.54, 1.807) is 12.1 Å². The number of nitrogens with one attached hydrogen (secondary N) is 1. The van der Waals surface area contributed by atoms with Crippen LogP contribution in [0.2, 0.25) is 0 Å². The van der Waals surface area contributed by atoms with Crippen LogP contribution in [0.25, 0.3) is 0 Å². The Labute approximate surface area is 124 Å². The van der Waals surface area contributed by atoms with Crippen LogP contribution in [-0.2, 0) is 16.0 Å². The number of aryl methyl sites for hydroxylation is 1. The van der Waals surface area contributed by atoms with Gasteiger partial charge in [-0.2, -0.15) is 0 Å². The predicted octanol–water partition coefficient (Wildman–Crippen LogP) is 2.36. The van der Waals surface area contributed by atoms with Crippen LogP contribution in [-0.4, -0.2) is 23.5 Å². The van der Waals surface area contributed by atoms with Gasteiger partial charge in [-0.05, 0) is 37.0 Å². The number of aliphatic carboxylic acids is 1. The molecule has 1 aliphatic rings. The quantitative estimate of drug-likeness (QED) is 0.779. The normalized spacial score (nSPS) is 20.5. The van der Waals surface area contributed by atoms with E-state index in [1.165, 1.54) is 6.07 Å². The van der Waals surface area contributed by atoms with Crippen molar-refractivity contribution in [2.45, 2.75) is 19.3 Å². The minimum absolute atomic E-state index is 0.214. The van der Waals surface area contributed by atoms with Crippen molar-refractivity contribution in [3.63, 3.8) is 0 Å². The summed E-state index contributed by atoms with van der Waals surface area (Å²) in [6, 6.07) is 4.90. The Morgan fingerprint density at radius 2 is 2.15 bits per heavy atom. The molecular weight excluding hydrogens is 329 g/mol. The van der Waals surface area contributed by atoms with E-state index < -0.39 is 17.8 Å². The molecular formula is C14H15BrFNO3. The summed E-state index contributed by atoms with van der Waals surface area (Å²) in [6.45, 7) is 0.428. The highest BCUT2D eigenvalue weighted by atomic mass is 79.9. The number of carbonyl (C=O) groups excluding carboxylic acids is 1. The van der Waals surface area contributed by atoms with Crippen LogP contribution in [0.5, 0.6) is 0 Å². The second kappa shape index (κ2) is 6.35. The molecule has 0 saturated heterocycles. The molecule has 1 fully saturated rings. The van der Waals surface area contributed by atoms with E-state index in [1.807, 2.05) is 0 Å². The molecule has 1 aromatic rings. The Morgan fingerprint density at radius 3 is 2.75 bits per heavy atom. The number of carboxylic acid groups (broad SMARTS) is 1. The van der Waals surface area contributed by atoms with Crippen molar-refractivity contribution in [3.8, 4) is 0 Å². The maximum absolute atomic E-state index is 13.5. The minimum atomic E-state index is -0.915. The summed E-state index contributed by atoms with van der Waals surface area (Å²) in [5, 5.41) is 11.4. The van der Waals surface area contributed by atoms with Crippen molar-refractivity contribution < 1.29 is 19.1 Å². The average molecular weight is 344 g/mol. The van der Waals surface area contributed by atoms with Crippen molar-refractivity contribution in [3.05, 3.63) is 34.1 Å². The van der Waals surface area contributed by atoms with Crippen molar-refractivity contribution >= 4 is 27.8 Å². The van der Waals surface area contributed by atoms with Gasteiger partial charge in [0.15, 0.2) is 0 Å². The van der Waals surface area contributed by atoms with E-state index in [4.69, 9.17) is 5.11 Å². The van der Waals surface area contributed by atoms with Gasteiger partial charge in [-0.25, -0.2) is 4.39 Å². The smallest absolute Gasteiger partial charge is 0.307 e. The first-order valence-corrected chi connectivity index (χ1v) is 7.23. The summed E-state index contributed by atoms with van der Waals surface area (Å²) in [5.41, 5.74) is 0.609. The molecule has 2 atom stereocenters. The first kappa shape index (κ1) is 15.0. The molecule has 4 nitrogen and oxygen atoms in total. The van der Waals surface area contributed by atoms with Crippen LogP contribution in [0.1, 0.15) is 18.4 Å². The number of hydrogen-bond donors (Lipinski definition) is 2. The van der Waals surface area contributed by atoms with Crippen molar-refractivity contribution in [1.82, 2.24) is 5.32 Å².